The number of pyridine rings is 1. The maximum absolute atomic E-state index is 11.8. The molecule has 0 spiro atoms. The Kier molecular flexibility index (Phi) is 7.21. The lowest BCUT2D eigenvalue weighted by atomic mass is 10.0. The minimum absolute atomic E-state index is 0. The van der Waals surface area contributed by atoms with E-state index >= 15 is 0 Å². The molecular weight excluding hydrogens is 303 g/mol. The minimum atomic E-state index is -3.67. The summed E-state index contributed by atoms with van der Waals surface area (Å²) in [5, 5.41) is 2.27. The standard InChI is InChI=1S/C13H12N2O2.BF3.FH/c1-8-4-6-15(7-5-8)11-9(2)10(3)12(16)14-13(11)17;2-1(3)4;/h4-7H,3H2,1-2H3;;1H. The van der Waals surface area contributed by atoms with Gasteiger partial charge in [0.05, 0.1) is 0 Å². The van der Waals surface area contributed by atoms with Crippen LogP contribution in [0.3, 0.4) is 0 Å². The van der Waals surface area contributed by atoms with Crippen LogP contribution in [0.1, 0.15) is 12.5 Å². The molecular formula is C13H13BF4N2O2. The summed E-state index contributed by atoms with van der Waals surface area (Å²) in [7, 11) is -3.67. The zero-order valence-corrected chi connectivity index (χ0v) is 11.9. The van der Waals surface area contributed by atoms with Crippen molar-refractivity contribution in [1.29, 1.82) is 0 Å². The zero-order valence-electron chi connectivity index (χ0n) is 11.9. The Balaban J connectivity index is 0.000000791. The summed E-state index contributed by atoms with van der Waals surface area (Å²) < 4.78 is 30.7. The normalized spacial score (nSPS) is 13.8. The molecule has 1 aliphatic heterocycles. The predicted molar refractivity (Wildman–Crippen MR) is 71.6 cm³/mol. The molecule has 2 amide bonds. The van der Waals surface area contributed by atoms with Gasteiger partial charge in [-0.2, -0.15) is 4.57 Å². The summed E-state index contributed by atoms with van der Waals surface area (Å²) in [5.41, 5.74) is 2.47. The summed E-state index contributed by atoms with van der Waals surface area (Å²) in [6.07, 6.45) is 3.58. The highest BCUT2D eigenvalue weighted by atomic mass is 19.4. The van der Waals surface area contributed by atoms with Gasteiger partial charge in [0.2, 0.25) is 0 Å². The van der Waals surface area contributed by atoms with Crippen molar-refractivity contribution >= 4 is 25.1 Å². The van der Waals surface area contributed by atoms with Crippen LogP contribution < -0.4 is 14.6 Å². The Morgan fingerprint density at radius 3 is 2.00 bits per heavy atom. The van der Waals surface area contributed by atoms with Gasteiger partial charge in [0.25, 0.3) is 11.6 Å². The van der Waals surface area contributed by atoms with E-state index in [2.05, 4.69) is 11.9 Å². The van der Waals surface area contributed by atoms with E-state index in [1.54, 1.807) is 23.9 Å². The molecule has 0 atom stereocenters. The Morgan fingerprint density at radius 2 is 1.55 bits per heavy atom. The number of aryl methyl sites for hydroxylation is 1. The monoisotopic (exact) mass is 316 g/mol. The third-order valence-electron chi connectivity index (χ3n) is 2.78. The fourth-order valence-corrected chi connectivity index (χ4v) is 1.68. The number of carbonyl (C=O) groups excluding carboxylic acids is 2. The molecule has 9 heteroatoms. The highest BCUT2D eigenvalue weighted by Gasteiger charge is 2.32. The van der Waals surface area contributed by atoms with Crippen molar-refractivity contribution in [2.75, 3.05) is 0 Å². The third-order valence-corrected chi connectivity index (χ3v) is 2.78. The molecule has 0 saturated carbocycles. The van der Waals surface area contributed by atoms with Gasteiger partial charge in [-0.05, 0) is 19.4 Å². The molecule has 1 N–H and O–H groups in total. The van der Waals surface area contributed by atoms with E-state index in [-0.39, 0.29) is 4.70 Å². The smallest absolute Gasteiger partial charge is 0.762 e. The fourth-order valence-electron chi connectivity index (χ4n) is 1.68. The first-order chi connectivity index (χ1) is 9.73. The zero-order chi connectivity index (χ0) is 16.2. The molecule has 1 aromatic rings. The highest BCUT2D eigenvalue weighted by Crippen LogP contribution is 2.17. The lowest BCUT2D eigenvalue weighted by molar-refractivity contribution is -0.578. The number of imide groups is 1. The van der Waals surface area contributed by atoms with Crippen LogP contribution in [0.15, 0.2) is 42.3 Å². The largest absolute Gasteiger partial charge is 1.00 e. The average Bonchev–Trinajstić information content (AvgIpc) is 2.38. The Morgan fingerprint density at radius 1 is 1.09 bits per heavy atom. The van der Waals surface area contributed by atoms with Crippen LogP contribution in [0, 0.1) is 6.92 Å². The second-order valence-corrected chi connectivity index (χ2v) is 4.27. The maximum atomic E-state index is 11.8. The van der Waals surface area contributed by atoms with E-state index in [1.165, 1.54) is 0 Å². The Bertz CT molecular complexity index is 612. The highest BCUT2D eigenvalue weighted by molar-refractivity contribution is 6.33. The molecule has 1 aromatic heterocycles. The van der Waals surface area contributed by atoms with E-state index < -0.39 is 19.4 Å². The summed E-state index contributed by atoms with van der Waals surface area (Å²) in [6.45, 7) is 7.36. The first kappa shape index (κ1) is 19.6. The van der Waals surface area contributed by atoms with Gasteiger partial charge >= 0.3 is 13.5 Å². The maximum Gasteiger partial charge on any atom is 0.762 e. The van der Waals surface area contributed by atoms with Crippen LogP contribution in [-0.4, -0.2) is 19.4 Å². The van der Waals surface area contributed by atoms with E-state index in [0.29, 0.717) is 16.8 Å². The van der Waals surface area contributed by atoms with Crippen LogP contribution in [0.5, 0.6) is 0 Å². The lowest BCUT2D eigenvalue weighted by Gasteiger charge is -2.14. The molecule has 0 radical (unpaired) electrons. The molecule has 0 unspecified atom stereocenters. The van der Waals surface area contributed by atoms with E-state index in [1.807, 2.05) is 19.1 Å². The third kappa shape index (κ3) is 4.83. The second-order valence-electron chi connectivity index (χ2n) is 4.27. The summed E-state index contributed by atoms with van der Waals surface area (Å²) in [4.78, 5) is 23.2. The van der Waals surface area contributed by atoms with Gasteiger partial charge in [0.1, 0.15) is 0 Å². The van der Waals surface area contributed by atoms with Crippen LogP contribution >= 0.6 is 0 Å². The number of nitrogens with zero attached hydrogens (tertiary/aromatic N) is 1. The molecule has 2 heterocycles. The van der Waals surface area contributed by atoms with Gasteiger partial charge in [-0.25, -0.2) is 0 Å². The van der Waals surface area contributed by atoms with E-state index in [9.17, 15) is 22.5 Å². The number of nitrogens with one attached hydrogen (secondary N) is 1. The number of hydrogen-bond acceptors (Lipinski definition) is 2. The summed E-state index contributed by atoms with van der Waals surface area (Å²) in [5.74, 6) is -0.822. The van der Waals surface area contributed by atoms with Gasteiger partial charge in [-0.1, -0.05) is 6.58 Å². The number of amides is 2. The number of aromatic nitrogens is 1. The van der Waals surface area contributed by atoms with Crippen molar-refractivity contribution < 1.29 is 31.8 Å². The second kappa shape index (κ2) is 8.11. The SMILES string of the molecule is C=C1C(=O)NC(=O)C([n+]2ccc(C)cc2)=C1C.FB(F)F.[F-]. The van der Waals surface area contributed by atoms with Crippen LogP contribution in [-0.2, 0) is 9.59 Å². The fraction of sp³-hybridized carbons (Fsp3) is 0.154. The van der Waals surface area contributed by atoms with E-state index in [0.717, 1.165) is 5.56 Å². The molecule has 118 valence electrons. The molecule has 2 rings (SSSR count). The number of carbonyl (C=O) groups is 2. The Labute approximate surface area is 124 Å². The summed E-state index contributed by atoms with van der Waals surface area (Å²) >= 11 is 0. The van der Waals surface area contributed by atoms with E-state index in [4.69, 9.17) is 0 Å². The molecule has 0 fully saturated rings. The number of rotatable bonds is 1. The van der Waals surface area contributed by atoms with Crippen LogP contribution in [0.2, 0.25) is 0 Å². The molecule has 0 bridgehead atoms. The lowest BCUT2D eigenvalue weighted by Crippen LogP contribution is -3.00. The Hall–Kier alpha value is -2.45. The molecule has 0 saturated heterocycles. The topological polar surface area (TPSA) is 50.1 Å². The van der Waals surface area contributed by atoms with Crippen molar-refractivity contribution in [2.45, 2.75) is 13.8 Å². The molecule has 0 aromatic carbocycles. The van der Waals surface area contributed by atoms with Gasteiger partial charge in [0, 0.05) is 23.3 Å². The first-order valence-corrected chi connectivity index (χ1v) is 5.90. The van der Waals surface area contributed by atoms with Gasteiger partial charge in [-0.3, -0.25) is 27.9 Å². The quantitative estimate of drug-likeness (QED) is 0.228. The molecule has 0 aliphatic carbocycles. The van der Waals surface area contributed by atoms with Crippen LogP contribution in [0.4, 0.5) is 12.9 Å². The van der Waals surface area contributed by atoms with Crippen molar-refractivity contribution in [2.24, 2.45) is 0 Å². The first-order valence-electron chi connectivity index (χ1n) is 5.90. The predicted octanol–water partition coefficient (Wildman–Crippen LogP) is -1.39. The molecule has 1 aliphatic rings. The van der Waals surface area contributed by atoms with Gasteiger partial charge in [0.15, 0.2) is 12.4 Å². The van der Waals surface area contributed by atoms with Crippen LogP contribution in [0.25, 0.3) is 5.70 Å². The van der Waals surface area contributed by atoms with Gasteiger partial charge < -0.3 is 4.70 Å². The minimum Gasteiger partial charge on any atom is -1.00 e. The van der Waals surface area contributed by atoms with Gasteiger partial charge in [-0.15, -0.1) is 0 Å². The average molecular weight is 316 g/mol. The molecule has 4 nitrogen and oxygen atoms in total. The molecule has 22 heavy (non-hydrogen) atoms. The number of halogens is 4. The summed E-state index contributed by atoms with van der Waals surface area (Å²) in [6, 6.07) is 3.79. The van der Waals surface area contributed by atoms with Crippen molar-refractivity contribution in [3.63, 3.8) is 0 Å². The van der Waals surface area contributed by atoms with Crippen molar-refractivity contribution in [3.8, 4) is 0 Å². The van der Waals surface area contributed by atoms with Crippen molar-refractivity contribution in [3.05, 3.63) is 47.8 Å². The van der Waals surface area contributed by atoms with Crippen molar-refractivity contribution in [1.82, 2.24) is 5.32 Å². The number of hydrogen-bond donors (Lipinski definition) is 1.